The standard InChI is InChI=1S/C11H22N2O2/c1-4-9-7-15-6-5-13(9)11(14)10(12)8(2)3/h8-10H,4-7,12H2,1-3H3/t9?,10-/m0/s1. The van der Waals surface area contributed by atoms with E-state index in [2.05, 4.69) is 6.92 Å². The highest BCUT2D eigenvalue weighted by molar-refractivity contribution is 5.82. The minimum Gasteiger partial charge on any atom is -0.377 e. The first kappa shape index (κ1) is 12.5. The summed E-state index contributed by atoms with van der Waals surface area (Å²) < 4.78 is 5.36. The first-order valence-corrected chi connectivity index (χ1v) is 5.71. The van der Waals surface area contributed by atoms with Crippen molar-refractivity contribution in [2.75, 3.05) is 19.8 Å². The second-order valence-electron chi connectivity index (χ2n) is 4.44. The maximum absolute atomic E-state index is 12.1. The van der Waals surface area contributed by atoms with Gasteiger partial charge in [0.25, 0.3) is 0 Å². The van der Waals surface area contributed by atoms with Crippen molar-refractivity contribution in [3.05, 3.63) is 0 Å². The Hall–Kier alpha value is -0.610. The molecule has 1 aliphatic rings. The van der Waals surface area contributed by atoms with Crippen molar-refractivity contribution in [2.45, 2.75) is 39.3 Å². The lowest BCUT2D eigenvalue weighted by atomic mass is 10.0. The van der Waals surface area contributed by atoms with E-state index in [1.54, 1.807) is 0 Å². The summed E-state index contributed by atoms with van der Waals surface area (Å²) in [5.41, 5.74) is 5.88. The van der Waals surface area contributed by atoms with Gasteiger partial charge in [0, 0.05) is 6.54 Å². The fourth-order valence-corrected chi connectivity index (χ4v) is 1.76. The van der Waals surface area contributed by atoms with E-state index >= 15 is 0 Å². The first-order valence-electron chi connectivity index (χ1n) is 5.71. The number of amides is 1. The Kier molecular flexibility index (Phi) is 4.54. The topological polar surface area (TPSA) is 55.6 Å². The molecule has 0 aliphatic carbocycles. The molecule has 0 aromatic carbocycles. The molecule has 0 radical (unpaired) electrons. The van der Waals surface area contributed by atoms with Gasteiger partial charge in [0.2, 0.25) is 5.91 Å². The number of carbonyl (C=O) groups excluding carboxylic acids is 1. The van der Waals surface area contributed by atoms with Crippen LogP contribution in [0.5, 0.6) is 0 Å². The van der Waals surface area contributed by atoms with Gasteiger partial charge in [-0.1, -0.05) is 20.8 Å². The molecule has 0 aromatic heterocycles. The van der Waals surface area contributed by atoms with E-state index in [4.69, 9.17) is 10.5 Å². The summed E-state index contributed by atoms with van der Waals surface area (Å²) in [7, 11) is 0. The van der Waals surface area contributed by atoms with Gasteiger partial charge < -0.3 is 15.4 Å². The van der Waals surface area contributed by atoms with Gasteiger partial charge in [-0.05, 0) is 12.3 Å². The highest BCUT2D eigenvalue weighted by Gasteiger charge is 2.30. The maximum atomic E-state index is 12.1. The van der Waals surface area contributed by atoms with E-state index in [1.165, 1.54) is 0 Å². The van der Waals surface area contributed by atoms with E-state index in [1.807, 2.05) is 18.7 Å². The highest BCUT2D eigenvalue weighted by atomic mass is 16.5. The average Bonchev–Trinajstić information content (AvgIpc) is 2.26. The third kappa shape index (κ3) is 2.92. The first-order chi connectivity index (χ1) is 7.07. The van der Waals surface area contributed by atoms with Crippen LogP contribution in [-0.4, -0.2) is 42.6 Å². The number of hydrogen-bond acceptors (Lipinski definition) is 3. The van der Waals surface area contributed by atoms with Crippen LogP contribution >= 0.6 is 0 Å². The van der Waals surface area contributed by atoms with Crippen LogP contribution in [0, 0.1) is 5.92 Å². The molecule has 4 heteroatoms. The molecule has 4 nitrogen and oxygen atoms in total. The Bertz CT molecular complexity index is 219. The van der Waals surface area contributed by atoms with Crippen molar-refractivity contribution in [3.63, 3.8) is 0 Å². The van der Waals surface area contributed by atoms with E-state index in [0.717, 1.165) is 6.42 Å². The van der Waals surface area contributed by atoms with E-state index in [0.29, 0.717) is 19.8 Å². The van der Waals surface area contributed by atoms with Gasteiger partial charge in [0.15, 0.2) is 0 Å². The number of rotatable bonds is 3. The fourth-order valence-electron chi connectivity index (χ4n) is 1.76. The molecule has 0 bridgehead atoms. The summed E-state index contributed by atoms with van der Waals surface area (Å²) in [4.78, 5) is 13.9. The highest BCUT2D eigenvalue weighted by Crippen LogP contribution is 2.13. The Morgan fingerprint density at radius 1 is 1.60 bits per heavy atom. The van der Waals surface area contributed by atoms with E-state index in [9.17, 15) is 4.79 Å². The van der Waals surface area contributed by atoms with Crippen molar-refractivity contribution in [1.82, 2.24) is 4.90 Å². The van der Waals surface area contributed by atoms with Crippen LogP contribution in [0.4, 0.5) is 0 Å². The summed E-state index contributed by atoms with van der Waals surface area (Å²) in [6.45, 7) is 7.98. The van der Waals surface area contributed by atoms with Crippen LogP contribution in [0.25, 0.3) is 0 Å². The summed E-state index contributed by atoms with van der Waals surface area (Å²) in [5.74, 6) is 0.262. The number of ether oxygens (including phenoxy) is 1. The molecule has 1 saturated heterocycles. The summed E-state index contributed by atoms with van der Waals surface area (Å²) in [6, 6.07) is -0.173. The zero-order valence-corrected chi connectivity index (χ0v) is 9.90. The van der Waals surface area contributed by atoms with Crippen LogP contribution in [0.2, 0.25) is 0 Å². The minimum atomic E-state index is -0.378. The molecule has 2 atom stereocenters. The lowest BCUT2D eigenvalue weighted by Gasteiger charge is -2.37. The molecular formula is C11H22N2O2. The fraction of sp³-hybridized carbons (Fsp3) is 0.909. The zero-order chi connectivity index (χ0) is 11.4. The van der Waals surface area contributed by atoms with Crippen molar-refractivity contribution in [2.24, 2.45) is 11.7 Å². The lowest BCUT2D eigenvalue weighted by molar-refractivity contribution is -0.142. The number of nitrogens with zero attached hydrogens (tertiary/aromatic N) is 1. The number of nitrogens with two attached hydrogens (primary N) is 1. The molecule has 0 spiro atoms. The second kappa shape index (κ2) is 5.47. The molecule has 2 N–H and O–H groups in total. The van der Waals surface area contributed by atoms with Crippen LogP contribution in [0.15, 0.2) is 0 Å². The Morgan fingerprint density at radius 2 is 2.27 bits per heavy atom. The van der Waals surface area contributed by atoms with E-state index in [-0.39, 0.29) is 23.9 Å². The second-order valence-corrected chi connectivity index (χ2v) is 4.44. The van der Waals surface area contributed by atoms with Crippen LogP contribution < -0.4 is 5.73 Å². The Balaban J connectivity index is 2.63. The van der Waals surface area contributed by atoms with Gasteiger partial charge >= 0.3 is 0 Å². The molecule has 1 amide bonds. The molecule has 0 aromatic rings. The molecule has 0 saturated carbocycles. The quantitative estimate of drug-likeness (QED) is 0.749. The van der Waals surface area contributed by atoms with Crippen molar-refractivity contribution < 1.29 is 9.53 Å². The molecule has 1 fully saturated rings. The average molecular weight is 214 g/mol. The summed E-state index contributed by atoms with van der Waals surface area (Å²) in [6.07, 6.45) is 0.927. The normalized spacial score (nSPS) is 24.3. The summed E-state index contributed by atoms with van der Waals surface area (Å²) in [5, 5.41) is 0. The molecule has 1 aliphatic heterocycles. The maximum Gasteiger partial charge on any atom is 0.240 e. The predicted molar refractivity (Wildman–Crippen MR) is 59.4 cm³/mol. The molecule has 15 heavy (non-hydrogen) atoms. The van der Waals surface area contributed by atoms with Gasteiger partial charge in [0.1, 0.15) is 0 Å². The van der Waals surface area contributed by atoms with Gasteiger partial charge in [-0.3, -0.25) is 4.79 Å². The number of morpholine rings is 1. The number of carbonyl (C=O) groups is 1. The monoisotopic (exact) mass is 214 g/mol. The SMILES string of the molecule is CCC1COCCN1C(=O)[C@@H](N)C(C)C. The largest absolute Gasteiger partial charge is 0.377 e. The van der Waals surface area contributed by atoms with Crippen molar-refractivity contribution in [1.29, 1.82) is 0 Å². The van der Waals surface area contributed by atoms with Crippen LogP contribution in [0.3, 0.4) is 0 Å². The molecular weight excluding hydrogens is 192 g/mol. The summed E-state index contributed by atoms with van der Waals surface area (Å²) >= 11 is 0. The zero-order valence-electron chi connectivity index (χ0n) is 9.90. The van der Waals surface area contributed by atoms with E-state index < -0.39 is 0 Å². The smallest absolute Gasteiger partial charge is 0.240 e. The van der Waals surface area contributed by atoms with Gasteiger partial charge in [-0.15, -0.1) is 0 Å². The Labute approximate surface area is 91.8 Å². The molecule has 1 unspecified atom stereocenters. The third-order valence-corrected chi connectivity index (χ3v) is 2.99. The Morgan fingerprint density at radius 3 is 2.80 bits per heavy atom. The van der Waals surface area contributed by atoms with Crippen LogP contribution in [0.1, 0.15) is 27.2 Å². The minimum absolute atomic E-state index is 0.0696. The van der Waals surface area contributed by atoms with Crippen molar-refractivity contribution >= 4 is 5.91 Å². The van der Waals surface area contributed by atoms with Gasteiger partial charge in [0.05, 0.1) is 25.3 Å². The third-order valence-electron chi connectivity index (χ3n) is 2.99. The van der Waals surface area contributed by atoms with Crippen molar-refractivity contribution in [3.8, 4) is 0 Å². The van der Waals surface area contributed by atoms with Gasteiger partial charge in [-0.25, -0.2) is 0 Å². The number of hydrogen-bond donors (Lipinski definition) is 1. The lowest BCUT2D eigenvalue weighted by Crippen LogP contribution is -2.55. The molecule has 1 rings (SSSR count). The van der Waals surface area contributed by atoms with Gasteiger partial charge in [-0.2, -0.15) is 0 Å². The van der Waals surface area contributed by atoms with Crippen LogP contribution in [-0.2, 0) is 9.53 Å². The molecule has 88 valence electrons. The predicted octanol–water partition coefficient (Wildman–Crippen LogP) is 0.607. The molecule has 1 heterocycles.